The van der Waals surface area contributed by atoms with Crippen LogP contribution >= 0.6 is 0 Å². The minimum absolute atomic E-state index is 0.0659. The third-order valence-electron chi connectivity index (χ3n) is 9.92. The zero-order chi connectivity index (χ0) is 34.8. The molecule has 0 saturated carbocycles. The Kier molecular flexibility index (Phi) is 9.49. The molecular formula is C36H40N6O8. The van der Waals surface area contributed by atoms with Crippen molar-refractivity contribution in [2.45, 2.75) is 55.8 Å². The molecule has 50 heavy (non-hydrogen) atoms. The third kappa shape index (κ3) is 5.97. The number of cyclic esters (lactones) is 1. The van der Waals surface area contributed by atoms with Gasteiger partial charge in [-0.15, -0.1) is 5.10 Å². The second-order valence-electron chi connectivity index (χ2n) is 13.0. The maximum Gasteiger partial charge on any atom is 0.313 e. The van der Waals surface area contributed by atoms with Crippen LogP contribution < -0.4 is 5.32 Å². The lowest BCUT2D eigenvalue weighted by atomic mass is 9.77. The Balaban J connectivity index is 1.28. The Morgan fingerprint density at radius 1 is 1.04 bits per heavy atom. The number of rotatable bonds is 8. The number of carbonyl (C=O) groups is 4. The van der Waals surface area contributed by atoms with Gasteiger partial charge in [-0.05, 0) is 30.5 Å². The fourth-order valence-corrected chi connectivity index (χ4v) is 7.73. The molecule has 4 aliphatic heterocycles. The highest BCUT2D eigenvalue weighted by Gasteiger charge is 2.71. The summed E-state index contributed by atoms with van der Waals surface area (Å²) < 4.78 is 20.1. The van der Waals surface area contributed by atoms with Crippen molar-refractivity contribution >= 4 is 34.7 Å². The number of aliphatic hydroxyl groups is 1. The predicted octanol–water partition coefficient (Wildman–Crippen LogP) is 1.52. The van der Waals surface area contributed by atoms with Crippen LogP contribution in [0, 0.1) is 11.8 Å². The van der Waals surface area contributed by atoms with Gasteiger partial charge in [0.25, 0.3) is 5.91 Å². The molecule has 0 radical (unpaired) electrons. The first kappa shape index (κ1) is 33.6. The van der Waals surface area contributed by atoms with Crippen LogP contribution in [0.2, 0.25) is 0 Å². The van der Waals surface area contributed by atoms with E-state index in [-0.39, 0.29) is 57.6 Å². The minimum atomic E-state index is -1.51. The van der Waals surface area contributed by atoms with E-state index in [9.17, 15) is 24.3 Å². The monoisotopic (exact) mass is 684 g/mol. The molecule has 14 heteroatoms. The number of nitrogens with zero attached hydrogens (tertiary/aromatic N) is 5. The summed E-state index contributed by atoms with van der Waals surface area (Å²) in [4.78, 5) is 59.8. The lowest BCUT2D eigenvalue weighted by molar-refractivity contribution is -0.162. The van der Waals surface area contributed by atoms with E-state index >= 15 is 0 Å². The van der Waals surface area contributed by atoms with Crippen LogP contribution in [0.15, 0.2) is 78.9 Å². The Bertz CT molecular complexity index is 1810. The summed E-state index contributed by atoms with van der Waals surface area (Å²) in [6, 6.07) is 14.6. The van der Waals surface area contributed by atoms with Crippen LogP contribution in [0.1, 0.15) is 30.9 Å². The highest BCUT2D eigenvalue weighted by Crippen LogP contribution is 2.53. The molecule has 14 nitrogen and oxygen atoms in total. The van der Waals surface area contributed by atoms with Gasteiger partial charge in [0.05, 0.1) is 30.2 Å². The summed E-state index contributed by atoms with van der Waals surface area (Å²) in [7, 11) is 1.50. The molecule has 2 fully saturated rings. The molecule has 262 valence electrons. The average molecular weight is 685 g/mol. The molecule has 7 atom stereocenters. The number of para-hydroxylation sites is 1. The third-order valence-corrected chi connectivity index (χ3v) is 9.92. The van der Waals surface area contributed by atoms with Gasteiger partial charge in [-0.3, -0.25) is 19.2 Å². The van der Waals surface area contributed by atoms with Crippen LogP contribution in [-0.4, -0.2) is 111 Å². The highest BCUT2D eigenvalue weighted by molar-refractivity contribution is 5.99. The fourth-order valence-electron chi connectivity index (χ4n) is 7.73. The second-order valence-corrected chi connectivity index (χ2v) is 13.0. The summed E-state index contributed by atoms with van der Waals surface area (Å²) in [5, 5.41) is 21.2. The van der Waals surface area contributed by atoms with Gasteiger partial charge in [-0.1, -0.05) is 72.0 Å². The van der Waals surface area contributed by atoms with Gasteiger partial charge >= 0.3 is 5.97 Å². The maximum atomic E-state index is 14.7. The summed E-state index contributed by atoms with van der Waals surface area (Å²) in [5.41, 5.74) is 0.558. The topological polar surface area (TPSA) is 165 Å². The van der Waals surface area contributed by atoms with Gasteiger partial charge in [-0.25, -0.2) is 4.68 Å². The van der Waals surface area contributed by atoms with E-state index in [1.807, 2.05) is 42.5 Å². The molecule has 0 unspecified atom stereocenters. The smallest absolute Gasteiger partial charge is 0.313 e. The van der Waals surface area contributed by atoms with Crippen molar-refractivity contribution in [1.82, 2.24) is 30.1 Å². The van der Waals surface area contributed by atoms with Gasteiger partial charge in [0.2, 0.25) is 11.8 Å². The van der Waals surface area contributed by atoms with E-state index in [0.29, 0.717) is 17.5 Å². The molecule has 1 spiro atoms. The van der Waals surface area contributed by atoms with Crippen LogP contribution in [0.5, 0.6) is 0 Å². The molecule has 2 aromatic carbocycles. The lowest BCUT2D eigenvalue weighted by Gasteiger charge is -2.35. The van der Waals surface area contributed by atoms with Crippen molar-refractivity contribution in [3.05, 3.63) is 84.5 Å². The normalized spacial score (nSPS) is 30.5. The molecule has 7 rings (SSSR count). The molecular weight excluding hydrogens is 644 g/mol. The van der Waals surface area contributed by atoms with E-state index < -0.39 is 53.6 Å². The molecule has 1 aromatic heterocycles. The SMILES string of the molecule is COC[C@H]1NC(=O)CC/C=C\[C@H]2O[C@]34C=CCN(Cn5nnc6ccccc65)C(=O)[C@H]3N(CCCO)C(=O)[C@@H]4[C@H]2C(=O)O[C@@H]1c1ccccc1. The van der Waals surface area contributed by atoms with E-state index in [0.717, 1.165) is 5.52 Å². The number of hydrogen-bond donors (Lipinski definition) is 2. The summed E-state index contributed by atoms with van der Waals surface area (Å²) >= 11 is 0. The van der Waals surface area contributed by atoms with Gasteiger partial charge in [0.15, 0.2) is 0 Å². The zero-order valence-electron chi connectivity index (χ0n) is 27.7. The number of aliphatic hydroxyl groups excluding tert-OH is 1. The second kappa shape index (κ2) is 14.1. The number of allylic oxidation sites excluding steroid dienone is 1. The number of methoxy groups -OCH3 is 1. The van der Waals surface area contributed by atoms with E-state index in [2.05, 4.69) is 15.6 Å². The van der Waals surface area contributed by atoms with Crippen LogP contribution in [-0.2, 0) is 40.1 Å². The quantitative estimate of drug-likeness (QED) is 0.263. The van der Waals surface area contributed by atoms with Gasteiger partial charge < -0.3 is 34.4 Å². The summed E-state index contributed by atoms with van der Waals surface area (Å²) in [6.45, 7) is 0.213. The van der Waals surface area contributed by atoms with Crippen LogP contribution in [0.25, 0.3) is 11.0 Å². The number of benzene rings is 2. The number of carbonyl (C=O) groups excluding carboxylic acids is 4. The Labute approximate surface area is 288 Å². The summed E-state index contributed by atoms with van der Waals surface area (Å²) in [5.74, 6) is -3.96. The van der Waals surface area contributed by atoms with E-state index in [1.54, 1.807) is 46.0 Å². The average Bonchev–Trinajstić information content (AvgIpc) is 3.71. The van der Waals surface area contributed by atoms with Gasteiger partial charge in [0, 0.05) is 33.2 Å². The number of nitrogens with one attached hydrogen (secondary N) is 1. The molecule has 2 N–H and O–H groups in total. The molecule has 3 aromatic rings. The Hall–Kier alpha value is -4.92. The zero-order valence-corrected chi connectivity index (χ0v) is 27.7. The van der Waals surface area contributed by atoms with Crippen molar-refractivity contribution in [2.24, 2.45) is 11.8 Å². The largest absolute Gasteiger partial charge is 0.455 e. The predicted molar refractivity (Wildman–Crippen MR) is 178 cm³/mol. The highest BCUT2D eigenvalue weighted by atomic mass is 16.6. The standard InChI is InChI=1S/C36H40N6O8/c1-48-21-25-31(23-11-3-2-4-12-23)49-35(47)29-27(15-7-8-16-28(44)37-25)50-36-17-9-18-40(22-42-26-14-6-5-13-24(26)38-39-42)34(46)32(36)41(19-10-20-43)33(45)30(29)36/h2-7,9,11-15,17,25,27,29-32,43H,8,10,16,18-22H2,1H3,(H,37,44)/b15-7-/t25-,27-,29+,30+,31-,32-,36+/m1/s1. The molecule has 0 bridgehead atoms. The molecule has 3 amide bonds. The minimum Gasteiger partial charge on any atom is -0.455 e. The van der Waals surface area contributed by atoms with Gasteiger partial charge in [-0.2, -0.15) is 0 Å². The number of hydrogen-bond acceptors (Lipinski definition) is 10. The first-order chi connectivity index (χ1) is 24.4. The van der Waals surface area contributed by atoms with Crippen molar-refractivity contribution in [3.8, 4) is 0 Å². The lowest BCUT2D eigenvalue weighted by Crippen LogP contribution is -2.55. The van der Waals surface area contributed by atoms with Crippen molar-refractivity contribution in [1.29, 1.82) is 0 Å². The first-order valence-electron chi connectivity index (χ1n) is 16.9. The summed E-state index contributed by atoms with van der Waals surface area (Å²) in [6.07, 6.45) is 5.87. The number of aromatic nitrogens is 3. The maximum absolute atomic E-state index is 14.7. The number of esters is 1. The number of likely N-dealkylation sites (tertiary alicyclic amines) is 1. The molecule has 2 saturated heterocycles. The number of amides is 3. The van der Waals surface area contributed by atoms with Crippen LogP contribution in [0.3, 0.4) is 0 Å². The number of fused-ring (bicyclic) bond motifs is 3. The Morgan fingerprint density at radius 2 is 1.84 bits per heavy atom. The molecule has 0 aliphatic carbocycles. The first-order valence-corrected chi connectivity index (χ1v) is 16.9. The molecule has 5 heterocycles. The van der Waals surface area contributed by atoms with Crippen LogP contribution in [0.4, 0.5) is 0 Å². The van der Waals surface area contributed by atoms with E-state index in [4.69, 9.17) is 14.2 Å². The van der Waals surface area contributed by atoms with E-state index in [1.165, 1.54) is 12.0 Å². The van der Waals surface area contributed by atoms with Crippen molar-refractivity contribution in [2.75, 3.05) is 33.4 Å². The van der Waals surface area contributed by atoms with Crippen molar-refractivity contribution < 1.29 is 38.5 Å². The van der Waals surface area contributed by atoms with Crippen molar-refractivity contribution in [3.63, 3.8) is 0 Å². The molecule has 4 aliphatic rings. The van der Waals surface area contributed by atoms with Gasteiger partial charge in [0.1, 0.15) is 35.9 Å². The number of ether oxygens (including phenoxy) is 3. The Morgan fingerprint density at radius 3 is 2.64 bits per heavy atom. The fraction of sp³-hybridized carbons (Fsp3) is 0.444.